The molecule has 5 rings (SSSR count). The maximum absolute atomic E-state index is 13.4. The number of rotatable bonds is 4. The van der Waals surface area contributed by atoms with Gasteiger partial charge >= 0.3 is 0 Å². The molecule has 1 fully saturated rings. The van der Waals surface area contributed by atoms with Crippen LogP contribution in [0.5, 0.6) is 0 Å². The fourth-order valence-corrected chi connectivity index (χ4v) is 4.48. The van der Waals surface area contributed by atoms with Gasteiger partial charge in [-0.3, -0.25) is 0 Å². The lowest BCUT2D eigenvalue weighted by Gasteiger charge is -2.28. The van der Waals surface area contributed by atoms with Crippen LogP contribution in [0, 0.1) is 12.3 Å². The molecule has 0 saturated heterocycles. The van der Waals surface area contributed by atoms with Crippen LogP contribution in [-0.2, 0) is 6.54 Å². The molecule has 0 bridgehead atoms. The zero-order valence-corrected chi connectivity index (χ0v) is 19.4. The molecule has 0 atom stereocenters. The van der Waals surface area contributed by atoms with E-state index in [0.29, 0.717) is 18.8 Å². The summed E-state index contributed by atoms with van der Waals surface area (Å²) in [6.07, 6.45) is 4.26. The lowest BCUT2D eigenvalue weighted by Crippen LogP contribution is -2.32. The van der Waals surface area contributed by atoms with Gasteiger partial charge in [-0.15, -0.1) is 5.10 Å². The first-order valence-electron chi connectivity index (χ1n) is 11.4. The number of hydrogen-bond donors (Lipinski definition) is 1. The van der Waals surface area contributed by atoms with Crippen LogP contribution in [0.2, 0.25) is 0 Å². The zero-order valence-electron chi connectivity index (χ0n) is 19.4. The van der Waals surface area contributed by atoms with Crippen molar-refractivity contribution >= 4 is 22.6 Å². The summed E-state index contributed by atoms with van der Waals surface area (Å²) < 4.78 is 30.8. The minimum Gasteiger partial charge on any atom is -0.350 e. The first kappa shape index (κ1) is 21.7. The molecule has 1 aliphatic carbocycles. The average molecular weight is 454 g/mol. The second-order valence-electron chi connectivity index (χ2n) is 10.3. The fraction of sp³-hybridized carbons (Fsp3) is 0.500. The van der Waals surface area contributed by atoms with Crippen molar-refractivity contribution in [2.24, 2.45) is 5.41 Å². The molecule has 7 nitrogen and oxygen atoms in total. The Kier molecular flexibility index (Phi) is 5.10. The van der Waals surface area contributed by atoms with E-state index in [4.69, 9.17) is 4.98 Å². The van der Waals surface area contributed by atoms with E-state index in [9.17, 15) is 8.78 Å². The quantitative estimate of drug-likeness (QED) is 0.443. The van der Waals surface area contributed by atoms with Gasteiger partial charge in [-0.1, -0.05) is 20.8 Å². The predicted molar refractivity (Wildman–Crippen MR) is 125 cm³/mol. The van der Waals surface area contributed by atoms with E-state index < -0.39 is 5.92 Å². The molecule has 0 unspecified atom stereocenters. The molecule has 1 saturated carbocycles. The van der Waals surface area contributed by atoms with Crippen molar-refractivity contribution in [3.8, 4) is 11.3 Å². The third kappa shape index (κ3) is 4.41. The third-order valence-corrected chi connectivity index (χ3v) is 6.16. The van der Waals surface area contributed by atoms with E-state index in [0.717, 1.165) is 40.3 Å². The van der Waals surface area contributed by atoms with Crippen molar-refractivity contribution < 1.29 is 8.78 Å². The molecule has 9 heteroatoms. The van der Waals surface area contributed by atoms with Gasteiger partial charge in [-0.25, -0.2) is 28.2 Å². The minimum atomic E-state index is -2.55. The first-order chi connectivity index (χ1) is 15.6. The molecule has 0 radical (unpaired) electrons. The molecule has 0 spiro atoms. The van der Waals surface area contributed by atoms with Gasteiger partial charge in [0.25, 0.3) is 0 Å². The van der Waals surface area contributed by atoms with Crippen LogP contribution in [0.25, 0.3) is 27.9 Å². The number of anilines is 1. The normalized spacial score (nSPS) is 17.2. The van der Waals surface area contributed by atoms with Gasteiger partial charge in [0.15, 0.2) is 5.65 Å². The molecule has 0 amide bonds. The van der Waals surface area contributed by atoms with Gasteiger partial charge in [0.2, 0.25) is 11.9 Å². The zero-order chi connectivity index (χ0) is 23.4. The topological polar surface area (TPSA) is 72.9 Å². The minimum absolute atomic E-state index is 0.0347. The van der Waals surface area contributed by atoms with E-state index in [2.05, 4.69) is 45.7 Å². The Morgan fingerprint density at radius 3 is 2.61 bits per heavy atom. The number of hydrogen-bond acceptors (Lipinski definition) is 5. The van der Waals surface area contributed by atoms with Gasteiger partial charge in [0.05, 0.1) is 17.4 Å². The van der Waals surface area contributed by atoms with Gasteiger partial charge in [-0.05, 0) is 43.4 Å². The van der Waals surface area contributed by atoms with Gasteiger partial charge in [0, 0.05) is 37.2 Å². The van der Waals surface area contributed by atoms with Crippen LogP contribution in [0.1, 0.15) is 52.3 Å². The van der Waals surface area contributed by atoms with E-state index in [1.807, 2.05) is 31.3 Å². The smallest absolute Gasteiger partial charge is 0.248 e. The van der Waals surface area contributed by atoms with Crippen LogP contribution in [-0.4, -0.2) is 41.1 Å². The van der Waals surface area contributed by atoms with Crippen molar-refractivity contribution in [1.29, 1.82) is 0 Å². The van der Waals surface area contributed by atoms with Crippen molar-refractivity contribution in [3.63, 3.8) is 0 Å². The Morgan fingerprint density at radius 2 is 1.88 bits per heavy atom. The molecule has 1 aliphatic rings. The summed E-state index contributed by atoms with van der Waals surface area (Å²) in [7, 11) is 0. The van der Waals surface area contributed by atoms with Crippen LogP contribution in [0.4, 0.5) is 14.7 Å². The van der Waals surface area contributed by atoms with Crippen LogP contribution in [0.15, 0.2) is 30.6 Å². The highest BCUT2D eigenvalue weighted by atomic mass is 19.3. The number of fused-ring (bicyclic) bond motifs is 2. The Balaban J connectivity index is 1.44. The highest BCUT2D eigenvalue weighted by Crippen LogP contribution is 2.34. The summed E-state index contributed by atoms with van der Waals surface area (Å²) in [5, 5.41) is 7.76. The SMILES string of the molecule is Cc1nc2ccc(-c3ccn4nc(NC5CCC(F)(F)CC5)ncc34)nc2n1CC(C)(C)C. The molecule has 4 aromatic rings. The van der Waals surface area contributed by atoms with Crippen LogP contribution in [0.3, 0.4) is 0 Å². The third-order valence-electron chi connectivity index (χ3n) is 6.16. The van der Waals surface area contributed by atoms with E-state index in [1.165, 1.54) is 0 Å². The Morgan fingerprint density at radius 1 is 1.12 bits per heavy atom. The van der Waals surface area contributed by atoms with Crippen molar-refractivity contribution in [2.45, 2.75) is 71.9 Å². The van der Waals surface area contributed by atoms with E-state index in [1.54, 1.807) is 10.7 Å². The Bertz CT molecular complexity index is 1310. The maximum atomic E-state index is 13.4. The lowest BCUT2D eigenvalue weighted by atomic mass is 9.92. The number of aryl methyl sites for hydroxylation is 1. The molecule has 174 valence electrons. The number of nitrogens with one attached hydrogen (secondary N) is 1. The molecule has 4 aromatic heterocycles. The molecule has 33 heavy (non-hydrogen) atoms. The summed E-state index contributed by atoms with van der Waals surface area (Å²) >= 11 is 0. The van der Waals surface area contributed by atoms with Crippen molar-refractivity contribution in [2.75, 3.05) is 5.32 Å². The van der Waals surface area contributed by atoms with Gasteiger partial charge in [0.1, 0.15) is 11.3 Å². The van der Waals surface area contributed by atoms with Crippen LogP contribution < -0.4 is 5.32 Å². The summed E-state index contributed by atoms with van der Waals surface area (Å²) in [6, 6.07) is 5.91. The highest BCUT2D eigenvalue weighted by Gasteiger charge is 2.35. The average Bonchev–Trinajstić information content (AvgIpc) is 3.29. The van der Waals surface area contributed by atoms with E-state index >= 15 is 0 Å². The van der Waals surface area contributed by atoms with Crippen molar-refractivity contribution in [1.82, 2.24) is 29.1 Å². The molecular formula is C24H29F2N7. The monoisotopic (exact) mass is 453 g/mol. The van der Waals surface area contributed by atoms with Crippen LogP contribution >= 0.6 is 0 Å². The van der Waals surface area contributed by atoms with Gasteiger partial charge in [-0.2, -0.15) is 0 Å². The number of imidazole rings is 1. The summed E-state index contributed by atoms with van der Waals surface area (Å²) in [6.45, 7) is 9.44. The fourth-order valence-electron chi connectivity index (χ4n) is 4.48. The second-order valence-corrected chi connectivity index (χ2v) is 10.3. The Hall–Kier alpha value is -3.10. The standard InChI is InChI=1S/C24H29F2N7/c1-15-28-19-6-5-18(30-21(19)32(15)14-23(2,3)4)17-9-12-33-20(17)13-27-22(31-33)29-16-7-10-24(25,26)11-8-16/h5-6,9,12-13,16H,7-8,10-11,14H2,1-4H3,(H,29,31). The first-order valence-corrected chi connectivity index (χ1v) is 11.4. The molecule has 0 aromatic carbocycles. The largest absolute Gasteiger partial charge is 0.350 e. The summed E-state index contributed by atoms with van der Waals surface area (Å²) in [5.74, 6) is -1.15. The highest BCUT2D eigenvalue weighted by molar-refractivity contribution is 5.82. The lowest BCUT2D eigenvalue weighted by molar-refractivity contribution is -0.0361. The number of aromatic nitrogens is 6. The summed E-state index contributed by atoms with van der Waals surface area (Å²) in [4.78, 5) is 14.1. The number of nitrogens with zero attached hydrogens (tertiary/aromatic N) is 6. The Labute approximate surface area is 191 Å². The number of halogens is 2. The van der Waals surface area contributed by atoms with Crippen molar-refractivity contribution in [3.05, 3.63) is 36.4 Å². The summed E-state index contributed by atoms with van der Waals surface area (Å²) in [5.41, 5.74) is 4.45. The number of alkyl halides is 2. The number of pyridine rings is 1. The molecule has 0 aliphatic heterocycles. The second kappa shape index (κ2) is 7.74. The predicted octanol–water partition coefficient (Wildman–Crippen LogP) is 5.49. The molecular weight excluding hydrogens is 424 g/mol. The molecule has 4 heterocycles. The maximum Gasteiger partial charge on any atom is 0.248 e. The van der Waals surface area contributed by atoms with Gasteiger partial charge < -0.3 is 9.88 Å². The molecule has 1 N–H and O–H groups in total. The van der Waals surface area contributed by atoms with E-state index in [-0.39, 0.29) is 24.3 Å².